The largest absolute Gasteiger partial charge is 0.481 e. The van der Waals surface area contributed by atoms with Crippen molar-refractivity contribution in [3.8, 4) is 0 Å². The lowest BCUT2D eigenvalue weighted by Gasteiger charge is -2.01. The lowest BCUT2D eigenvalue weighted by molar-refractivity contribution is -0.139. The van der Waals surface area contributed by atoms with Crippen molar-refractivity contribution in [3.63, 3.8) is 0 Å². The molecule has 96 valence electrons. The van der Waals surface area contributed by atoms with E-state index >= 15 is 0 Å². The van der Waals surface area contributed by atoms with Crippen LogP contribution in [0.4, 0.5) is 13.2 Å². The minimum absolute atomic E-state index is 0.256. The van der Waals surface area contributed by atoms with Gasteiger partial charge < -0.3 is 5.11 Å². The molecule has 2 unspecified atom stereocenters. The fourth-order valence-corrected chi connectivity index (χ4v) is 1.94. The highest BCUT2D eigenvalue weighted by Crippen LogP contribution is 2.59. The van der Waals surface area contributed by atoms with E-state index in [0.717, 1.165) is 12.2 Å². The van der Waals surface area contributed by atoms with Crippen molar-refractivity contribution in [1.82, 2.24) is 0 Å². The molecule has 1 aliphatic carbocycles. The molecule has 0 radical (unpaired) electrons. The Morgan fingerprint density at radius 2 is 1.94 bits per heavy atom. The summed E-state index contributed by atoms with van der Waals surface area (Å²) in [5.41, 5.74) is -0.416. The van der Waals surface area contributed by atoms with Gasteiger partial charge in [-0.25, -0.2) is 0 Å². The van der Waals surface area contributed by atoms with Crippen LogP contribution in [0.25, 0.3) is 0 Å². The summed E-state index contributed by atoms with van der Waals surface area (Å²) < 4.78 is 36.1. The summed E-state index contributed by atoms with van der Waals surface area (Å²) in [6.07, 6.45) is -1.22. The van der Waals surface area contributed by atoms with Crippen LogP contribution in [0, 0.1) is 17.3 Å². The van der Waals surface area contributed by atoms with E-state index in [9.17, 15) is 18.0 Å². The molecule has 0 amide bonds. The van der Waals surface area contributed by atoms with Crippen LogP contribution in [-0.2, 0) is 4.79 Å². The quantitative estimate of drug-likeness (QED) is 0.794. The van der Waals surface area contributed by atoms with E-state index in [-0.39, 0.29) is 5.92 Å². The predicted molar refractivity (Wildman–Crippen MR) is 57.5 cm³/mol. The Bertz CT molecular complexity index is 383. The van der Waals surface area contributed by atoms with Gasteiger partial charge in [-0.1, -0.05) is 37.6 Å². The number of carboxylic acid groups (broad SMARTS) is 1. The third-order valence-electron chi connectivity index (χ3n) is 3.01. The Balaban J connectivity index is 2.67. The number of hydrogen-bond acceptors (Lipinski definition) is 1. The van der Waals surface area contributed by atoms with Gasteiger partial charge in [0, 0.05) is 0 Å². The maximum atomic E-state index is 12.0. The Morgan fingerprint density at radius 3 is 2.29 bits per heavy atom. The maximum absolute atomic E-state index is 12.0. The zero-order valence-corrected chi connectivity index (χ0v) is 10.0. The van der Waals surface area contributed by atoms with Crippen molar-refractivity contribution >= 4 is 17.6 Å². The van der Waals surface area contributed by atoms with Crippen molar-refractivity contribution in [2.75, 3.05) is 0 Å². The van der Waals surface area contributed by atoms with E-state index in [1.807, 2.05) is 0 Å². The van der Waals surface area contributed by atoms with Crippen LogP contribution >= 0.6 is 11.6 Å². The summed E-state index contributed by atoms with van der Waals surface area (Å²) in [7, 11) is 0. The summed E-state index contributed by atoms with van der Waals surface area (Å²) in [5, 5.41) is 7.62. The average molecular weight is 269 g/mol. The molecule has 17 heavy (non-hydrogen) atoms. The zero-order chi connectivity index (χ0) is 13.4. The Kier molecular flexibility index (Phi) is 3.62. The molecule has 0 heterocycles. The molecule has 0 aromatic carbocycles. The van der Waals surface area contributed by atoms with Gasteiger partial charge >= 0.3 is 12.1 Å². The van der Waals surface area contributed by atoms with Gasteiger partial charge in [0.15, 0.2) is 0 Å². The molecule has 0 spiro atoms. The summed E-state index contributed by atoms with van der Waals surface area (Å²) in [5.74, 6) is -1.73. The van der Waals surface area contributed by atoms with E-state index in [1.54, 1.807) is 13.8 Å². The molecule has 1 saturated carbocycles. The Morgan fingerprint density at radius 1 is 1.41 bits per heavy atom. The number of aliphatic carboxylic acids is 1. The van der Waals surface area contributed by atoms with Crippen molar-refractivity contribution in [3.05, 3.63) is 23.3 Å². The van der Waals surface area contributed by atoms with Crippen molar-refractivity contribution in [2.24, 2.45) is 17.3 Å². The number of allylic oxidation sites excluding steroid dienone is 4. The van der Waals surface area contributed by atoms with Crippen LogP contribution in [0.1, 0.15) is 13.8 Å². The number of halogens is 4. The van der Waals surface area contributed by atoms with Crippen LogP contribution in [-0.4, -0.2) is 17.3 Å². The lowest BCUT2D eigenvalue weighted by atomic mass is 10.1. The Labute approximate surface area is 102 Å². The molecular weight excluding hydrogens is 257 g/mol. The monoisotopic (exact) mass is 268 g/mol. The first kappa shape index (κ1) is 14.1. The molecule has 0 aliphatic heterocycles. The summed E-state index contributed by atoms with van der Waals surface area (Å²) >= 11 is 5.00. The number of alkyl halides is 3. The number of carbonyl (C=O) groups is 1. The second-order valence-corrected chi connectivity index (χ2v) is 4.97. The van der Waals surface area contributed by atoms with E-state index in [2.05, 4.69) is 0 Å². The second kappa shape index (κ2) is 4.37. The number of rotatable bonds is 3. The predicted octanol–water partition coefficient (Wildman–Crippen LogP) is 3.58. The van der Waals surface area contributed by atoms with Gasteiger partial charge in [-0.05, 0) is 17.4 Å². The van der Waals surface area contributed by atoms with Crippen LogP contribution in [0.15, 0.2) is 23.3 Å². The van der Waals surface area contributed by atoms with Gasteiger partial charge in [0.2, 0.25) is 0 Å². The third-order valence-corrected chi connectivity index (χ3v) is 3.35. The highest BCUT2D eigenvalue weighted by atomic mass is 35.5. The van der Waals surface area contributed by atoms with Crippen LogP contribution in [0.2, 0.25) is 0 Å². The van der Waals surface area contributed by atoms with E-state index in [0.29, 0.717) is 0 Å². The molecule has 1 aliphatic rings. The highest BCUT2D eigenvalue weighted by Gasteiger charge is 2.60. The number of carboxylic acids is 1. The van der Waals surface area contributed by atoms with Gasteiger partial charge in [0.05, 0.1) is 5.92 Å². The molecular formula is C11H12ClF3O2. The second-order valence-electron chi connectivity index (χ2n) is 4.56. The first-order valence-electron chi connectivity index (χ1n) is 4.92. The van der Waals surface area contributed by atoms with Gasteiger partial charge in [-0.3, -0.25) is 4.79 Å². The van der Waals surface area contributed by atoms with Gasteiger partial charge in [0.1, 0.15) is 5.03 Å². The molecule has 6 heteroatoms. The van der Waals surface area contributed by atoms with Crippen molar-refractivity contribution < 1.29 is 23.1 Å². The molecule has 1 N–H and O–H groups in total. The smallest absolute Gasteiger partial charge is 0.426 e. The van der Waals surface area contributed by atoms with Crippen LogP contribution < -0.4 is 0 Å². The molecule has 2 atom stereocenters. The fourth-order valence-electron chi connectivity index (χ4n) is 1.86. The van der Waals surface area contributed by atoms with Crippen LogP contribution in [0.5, 0.6) is 0 Å². The minimum Gasteiger partial charge on any atom is -0.481 e. The van der Waals surface area contributed by atoms with Gasteiger partial charge in [-0.15, -0.1) is 0 Å². The molecule has 1 rings (SSSR count). The summed E-state index contributed by atoms with van der Waals surface area (Å²) in [6, 6.07) is 0. The van der Waals surface area contributed by atoms with Crippen molar-refractivity contribution in [1.29, 1.82) is 0 Å². The van der Waals surface area contributed by atoms with Gasteiger partial charge in [0.25, 0.3) is 0 Å². The Hall–Kier alpha value is -0.970. The SMILES string of the molecule is CC1(C)C(C=CC=C(Cl)C(F)(F)F)C1C(=O)O. The van der Waals surface area contributed by atoms with Crippen LogP contribution in [0.3, 0.4) is 0 Å². The summed E-state index contributed by atoms with van der Waals surface area (Å²) in [6.45, 7) is 3.52. The maximum Gasteiger partial charge on any atom is 0.426 e. The topological polar surface area (TPSA) is 37.3 Å². The highest BCUT2D eigenvalue weighted by molar-refractivity contribution is 6.30. The molecule has 1 fully saturated rings. The summed E-state index contributed by atoms with van der Waals surface area (Å²) in [4.78, 5) is 10.8. The number of hydrogen-bond donors (Lipinski definition) is 1. The van der Waals surface area contributed by atoms with Gasteiger partial charge in [-0.2, -0.15) is 13.2 Å². The average Bonchev–Trinajstić information content (AvgIpc) is 2.66. The lowest BCUT2D eigenvalue weighted by Crippen LogP contribution is -2.06. The molecule has 0 aromatic heterocycles. The van der Waals surface area contributed by atoms with E-state index in [4.69, 9.17) is 16.7 Å². The zero-order valence-electron chi connectivity index (χ0n) is 9.25. The molecule has 2 nitrogen and oxygen atoms in total. The van der Waals surface area contributed by atoms with Crippen molar-refractivity contribution in [2.45, 2.75) is 20.0 Å². The standard InChI is InChI=1S/C11H12ClF3O2/c1-10(2)6(8(10)9(16)17)4-3-5-7(12)11(13,14)15/h3-6,8H,1-2H3,(H,16,17). The normalized spacial score (nSPS) is 28.5. The third kappa shape index (κ3) is 3.03. The molecule has 0 saturated heterocycles. The first-order chi connectivity index (χ1) is 7.58. The minimum atomic E-state index is -4.56. The van der Waals surface area contributed by atoms with E-state index < -0.39 is 28.5 Å². The van der Waals surface area contributed by atoms with E-state index in [1.165, 1.54) is 6.08 Å². The fraction of sp³-hybridized carbons (Fsp3) is 0.545. The molecule has 0 bridgehead atoms. The first-order valence-corrected chi connectivity index (χ1v) is 5.30. The molecule has 0 aromatic rings.